The van der Waals surface area contributed by atoms with E-state index in [2.05, 4.69) is 22.9 Å². The quantitative estimate of drug-likeness (QED) is 0.608. The van der Waals surface area contributed by atoms with Gasteiger partial charge in [-0.15, -0.1) is 0 Å². The van der Waals surface area contributed by atoms with Crippen LogP contribution in [0, 0.1) is 16.0 Å². The molecule has 0 aliphatic heterocycles. The number of hydrogen-bond donors (Lipinski definition) is 0. The maximum atomic E-state index is 12.6. The number of benzene rings is 1. The third-order valence-electron chi connectivity index (χ3n) is 4.24. The molecule has 1 amide bonds. The lowest BCUT2D eigenvalue weighted by atomic mass is 9.86. The van der Waals surface area contributed by atoms with Crippen LogP contribution in [-0.2, 0) is 0 Å². The lowest BCUT2D eigenvalue weighted by molar-refractivity contribution is -0.384. The summed E-state index contributed by atoms with van der Waals surface area (Å²) in [6.45, 7) is 2.23. The van der Waals surface area contributed by atoms with Crippen LogP contribution in [0.15, 0.2) is 22.7 Å². The van der Waals surface area contributed by atoms with Gasteiger partial charge in [-0.2, -0.15) is 0 Å². The van der Waals surface area contributed by atoms with E-state index in [4.69, 9.17) is 0 Å². The first-order valence-electron chi connectivity index (χ1n) is 7.11. The fraction of sp³-hybridized carbons (Fsp3) is 0.533. The Hall–Kier alpha value is -1.43. The minimum atomic E-state index is -0.481. The molecule has 0 bridgehead atoms. The molecular formula is C15H19BrN2O3. The highest BCUT2D eigenvalue weighted by Crippen LogP contribution is 2.29. The first-order valence-corrected chi connectivity index (χ1v) is 7.90. The van der Waals surface area contributed by atoms with E-state index in [1.54, 1.807) is 18.0 Å². The Morgan fingerprint density at radius 1 is 1.33 bits per heavy atom. The summed E-state index contributed by atoms with van der Waals surface area (Å²) in [5.41, 5.74) is 0.289. The van der Waals surface area contributed by atoms with Crippen molar-refractivity contribution in [1.82, 2.24) is 4.90 Å². The number of amides is 1. The van der Waals surface area contributed by atoms with E-state index in [1.807, 2.05) is 0 Å². The number of halogens is 1. The molecule has 6 heteroatoms. The van der Waals surface area contributed by atoms with Gasteiger partial charge in [0.25, 0.3) is 11.6 Å². The third kappa shape index (κ3) is 3.61. The minimum Gasteiger partial charge on any atom is -0.339 e. The molecule has 1 aromatic rings. The van der Waals surface area contributed by atoms with Crippen molar-refractivity contribution in [3.63, 3.8) is 0 Å². The first-order chi connectivity index (χ1) is 9.90. The molecule has 21 heavy (non-hydrogen) atoms. The maximum absolute atomic E-state index is 12.6. The smallest absolute Gasteiger partial charge is 0.270 e. The predicted molar refractivity (Wildman–Crippen MR) is 84.3 cm³/mol. The highest BCUT2D eigenvalue weighted by Gasteiger charge is 2.27. The van der Waals surface area contributed by atoms with Gasteiger partial charge in [0.15, 0.2) is 0 Å². The zero-order chi connectivity index (χ0) is 15.6. The summed E-state index contributed by atoms with van der Waals surface area (Å²) in [4.78, 5) is 24.7. The lowest BCUT2D eigenvalue weighted by Crippen LogP contribution is -2.39. The summed E-state index contributed by atoms with van der Waals surface area (Å²) in [6, 6.07) is 4.51. The number of carbonyl (C=O) groups is 1. The molecular weight excluding hydrogens is 336 g/mol. The molecule has 2 rings (SSSR count). The molecule has 1 aliphatic carbocycles. The second-order valence-corrected chi connectivity index (χ2v) is 6.61. The first kappa shape index (κ1) is 15.9. The summed E-state index contributed by atoms with van der Waals surface area (Å²) >= 11 is 3.31. The lowest BCUT2D eigenvalue weighted by Gasteiger charge is -2.33. The molecule has 0 heterocycles. The average molecular weight is 355 g/mol. The Morgan fingerprint density at radius 3 is 2.52 bits per heavy atom. The zero-order valence-corrected chi connectivity index (χ0v) is 13.8. The maximum Gasteiger partial charge on any atom is 0.270 e. The van der Waals surface area contributed by atoms with Gasteiger partial charge in [0, 0.05) is 29.7 Å². The van der Waals surface area contributed by atoms with Crippen molar-refractivity contribution in [3.05, 3.63) is 38.3 Å². The van der Waals surface area contributed by atoms with E-state index in [-0.39, 0.29) is 17.6 Å². The van der Waals surface area contributed by atoms with Crippen LogP contribution in [0.2, 0.25) is 0 Å². The summed E-state index contributed by atoms with van der Waals surface area (Å²) in [6.07, 6.45) is 4.24. The Balaban J connectivity index is 2.19. The predicted octanol–water partition coefficient (Wildman–Crippen LogP) is 4.01. The molecule has 0 N–H and O–H groups in total. The van der Waals surface area contributed by atoms with Crippen molar-refractivity contribution in [2.45, 2.75) is 38.6 Å². The Labute approximate surface area is 132 Å². The zero-order valence-electron chi connectivity index (χ0n) is 12.2. The van der Waals surface area contributed by atoms with Crippen molar-refractivity contribution in [2.24, 2.45) is 5.92 Å². The van der Waals surface area contributed by atoms with Crippen LogP contribution < -0.4 is 0 Å². The van der Waals surface area contributed by atoms with Crippen LogP contribution in [-0.4, -0.2) is 28.8 Å². The molecule has 1 aromatic carbocycles. The Kier molecular flexibility index (Phi) is 4.98. The van der Waals surface area contributed by atoms with Crippen LogP contribution in [0.25, 0.3) is 0 Å². The second kappa shape index (κ2) is 6.56. The molecule has 0 saturated heterocycles. The van der Waals surface area contributed by atoms with E-state index in [1.165, 1.54) is 12.1 Å². The summed E-state index contributed by atoms with van der Waals surface area (Å²) in [7, 11) is 1.79. The van der Waals surface area contributed by atoms with Gasteiger partial charge in [-0.1, -0.05) is 6.92 Å². The van der Waals surface area contributed by atoms with Crippen molar-refractivity contribution >= 4 is 27.5 Å². The number of carbonyl (C=O) groups excluding carboxylic acids is 1. The number of nitro benzene ring substituents is 1. The van der Waals surface area contributed by atoms with Crippen molar-refractivity contribution in [3.8, 4) is 0 Å². The van der Waals surface area contributed by atoms with Gasteiger partial charge >= 0.3 is 0 Å². The number of nitrogens with zero attached hydrogens (tertiary/aromatic N) is 2. The van der Waals surface area contributed by atoms with Crippen molar-refractivity contribution in [1.29, 1.82) is 0 Å². The van der Waals surface area contributed by atoms with E-state index in [0.717, 1.165) is 25.7 Å². The van der Waals surface area contributed by atoms with Crippen LogP contribution >= 0.6 is 15.9 Å². The molecule has 0 radical (unpaired) electrons. The highest BCUT2D eigenvalue weighted by molar-refractivity contribution is 9.10. The van der Waals surface area contributed by atoms with Gasteiger partial charge < -0.3 is 4.90 Å². The van der Waals surface area contributed by atoms with Gasteiger partial charge in [-0.3, -0.25) is 14.9 Å². The van der Waals surface area contributed by atoms with Gasteiger partial charge in [-0.25, -0.2) is 0 Å². The molecule has 0 aromatic heterocycles. The summed E-state index contributed by atoms with van der Waals surface area (Å²) < 4.78 is 0.592. The van der Waals surface area contributed by atoms with Gasteiger partial charge in [0.1, 0.15) is 0 Å². The van der Waals surface area contributed by atoms with E-state index >= 15 is 0 Å². The second-order valence-electron chi connectivity index (χ2n) is 5.75. The molecule has 1 fully saturated rings. The van der Waals surface area contributed by atoms with Crippen LogP contribution in [0.5, 0.6) is 0 Å². The van der Waals surface area contributed by atoms with Crippen molar-refractivity contribution in [2.75, 3.05) is 7.05 Å². The summed E-state index contributed by atoms with van der Waals surface area (Å²) in [5.74, 6) is 0.555. The van der Waals surface area contributed by atoms with Crippen LogP contribution in [0.4, 0.5) is 5.69 Å². The normalized spacial score (nSPS) is 21.9. The largest absolute Gasteiger partial charge is 0.339 e. The van der Waals surface area contributed by atoms with Crippen LogP contribution in [0.1, 0.15) is 43.0 Å². The standard InChI is InChI=1S/C15H19BrN2O3/c1-10-3-5-11(6-4-10)17(2)15(19)13-9-12(18(20)21)7-8-14(13)16/h7-11H,3-6H2,1-2H3. The van der Waals surface area contributed by atoms with Gasteiger partial charge in [-0.05, 0) is 53.6 Å². The fourth-order valence-electron chi connectivity index (χ4n) is 2.78. The van der Waals surface area contributed by atoms with E-state index < -0.39 is 4.92 Å². The summed E-state index contributed by atoms with van der Waals surface area (Å²) in [5, 5.41) is 10.9. The third-order valence-corrected chi connectivity index (χ3v) is 4.94. The topological polar surface area (TPSA) is 63.5 Å². The molecule has 5 nitrogen and oxygen atoms in total. The molecule has 114 valence electrons. The Morgan fingerprint density at radius 2 is 1.95 bits per heavy atom. The molecule has 0 spiro atoms. The van der Waals surface area contributed by atoms with Crippen LogP contribution in [0.3, 0.4) is 0 Å². The van der Waals surface area contributed by atoms with Crippen molar-refractivity contribution < 1.29 is 9.72 Å². The molecule has 1 saturated carbocycles. The van der Waals surface area contributed by atoms with E-state index in [0.29, 0.717) is 16.0 Å². The van der Waals surface area contributed by atoms with E-state index in [9.17, 15) is 14.9 Å². The Bertz CT molecular complexity index is 554. The molecule has 1 aliphatic rings. The number of non-ortho nitro benzene ring substituents is 1. The number of hydrogen-bond acceptors (Lipinski definition) is 3. The number of nitro groups is 1. The number of rotatable bonds is 3. The average Bonchev–Trinajstić information content (AvgIpc) is 2.47. The SMILES string of the molecule is CC1CCC(N(C)C(=O)c2cc([N+](=O)[O-])ccc2Br)CC1. The monoisotopic (exact) mass is 354 g/mol. The molecule has 0 atom stereocenters. The highest BCUT2D eigenvalue weighted by atomic mass is 79.9. The minimum absolute atomic E-state index is 0.0628. The fourth-order valence-corrected chi connectivity index (χ4v) is 3.19. The van der Waals surface area contributed by atoms with Gasteiger partial charge in [0.05, 0.1) is 10.5 Å². The van der Waals surface area contributed by atoms with Gasteiger partial charge in [0.2, 0.25) is 0 Å². The molecule has 0 unspecified atom stereocenters.